The Morgan fingerprint density at radius 3 is 2.82 bits per heavy atom. The Morgan fingerprint density at radius 2 is 2.36 bits per heavy atom. The molecule has 0 radical (unpaired) electrons. The molecule has 1 atom stereocenters. The third kappa shape index (κ3) is 6.31. The number of rotatable bonds is 5. The number of halogens is 1. The van der Waals surface area contributed by atoms with Crippen LogP contribution < -0.4 is 5.32 Å². The summed E-state index contributed by atoms with van der Waals surface area (Å²) >= 11 is 3.05. The van der Waals surface area contributed by atoms with E-state index in [0.29, 0.717) is 5.33 Å². The minimum Gasteiger partial charge on any atom is -0.396 e. The van der Waals surface area contributed by atoms with Crippen LogP contribution in [0.5, 0.6) is 0 Å². The summed E-state index contributed by atoms with van der Waals surface area (Å²) in [6.45, 7) is 2.12. The van der Waals surface area contributed by atoms with Gasteiger partial charge in [0.1, 0.15) is 0 Å². The first-order chi connectivity index (χ1) is 5.20. The quantitative estimate of drug-likeness (QED) is 0.674. The normalized spacial score (nSPS) is 12.6. The number of carbonyl (C=O) groups is 1. The predicted molar refractivity (Wildman–Crippen MR) is 47.7 cm³/mol. The van der Waals surface area contributed by atoms with E-state index in [9.17, 15) is 4.79 Å². The SMILES string of the molecule is CC(CCCO)NC(=O)CBr. The molecule has 1 unspecified atom stereocenters. The van der Waals surface area contributed by atoms with E-state index in [0.717, 1.165) is 12.8 Å². The molecule has 0 aromatic heterocycles. The Hall–Kier alpha value is -0.0900. The van der Waals surface area contributed by atoms with Crippen LogP contribution in [0, 0.1) is 0 Å². The first-order valence-corrected chi connectivity index (χ1v) is 4.79. The maximum Gasteiger partial charge on any atom is 0.230 e. The van der Waals surface area contributed by atoms with Crippen molar-refractivity contribution in [2.45, 2.75) is 25.8 Å². The maximum atomic E-state index is 10.8. The van der Waals surface area contributed by atoms with E-state index in [2.05, 4.69) is 21.2 Å². The fourth-order valence-corrected chi connectivity index (χ4v) is 0.945. The molecule has 3 nitrogen and oxygen atoms in total. The van der Waals surface area contributed by atoms with Crippen LogP contribution in [0.15, 0.2) is 0 Å². The second-order valence-corrected chi connectivity index (χ2v) is 3.03. The van der Waals surface area contributed by atoms with Crippen LogP contribution in [0.1, 0.15) is 19.8 Å². The Balaban J connectivity index is 3.35. The minimum absolute atomic E-state index is 0.00422. The van der Waals surface area contributed by atoms with Crippen molar-refractivity contribution < 1.29 is 9.90 Å². The van der Waals surface area contributed by atoms with Gasteiger partial charge < -0.3 is 10.4 Å². The molecule has 0 bridgehead atoms. The van der Waals surface area contributed by atoms with Crippen molar-refractivity contribution in [3.8, 4) is 0 Å². The second kappa shape index (κ2) is 6.61. The molecule has 4 heteroatoms. The number of amides is 1. The van der Waals surface area contributed by atoms with E-state index >= 15 is 0 Å². The molecule has 0 aromatic rings. The van der Waals surface area contributed by atoms with Gasteiger partial charge in [0.2, 0.25) is 5.91 Å². The van der Waals surface area contributed by atoms with Gasteiger partial charge in [0.15, 0.2) is 0 Å². The van der Waals surface area contributed by atoms with Gasteiger partial charge in [-0.3, -0.25) is 4.79 Å². The summed E-state index contributed by atoms with van der Waals surface area (Å²) in [7, 11) is 0. The van der Waals surface area contributed by atoms with Gasteiger partial charge in [0, 0.05) is 12.6 Å². The molecule has 0 aliphatic carbocycles. The van der Waals surface area contributed by atoms with Crippen LogP contribution >= 0.6 is 15.9 Å². The van der Waals surface area contributed by atoms with E-state index in [4.69, 9.17) is 5.11 Å². The highest BCUT2D eigenvalue weighted by molar-refractivity contribution is 9.09. The van der Waals surface area contributed by atoms with E-state index in [-0.39, 0.29) is 18.6 Å². The summed E-state index contributed by atoms with van der Waals surface area (Å²) in [5.41, 5.74) is 0. The highest BCUT2D eigenvalue weighted by atomic mass is 79.9. The Kier molecular flexibility index (Phi) is 6.56. The molecule has 2 N–H and O–H groups in total. The lowest BCUT2D eigenvalue weighted by molar-refractivity contribution is -0.119. The zero-order valence-corrected chi connectivity index (χ0v) is 8.23. The van der Waals surface area contributed by atoms with Gasteiger partial charge in [0.05, 0.1) is 5.33 Å². The fraction of sp³-hybridized carbons (Fsp3) is 0.857. The number of aliphatic hydroxyl groups is 1. The topological polar surface area (TPSA) is 49.3 Å². The number of nitrogens with one attached hydrogen (secondary N) is 1. The first kappa shape index (κ1) is 10.9. The summed E-state index contributed by atoms with van der Waals surface area (Å²) in [5, 5.41) is 11.6. The Labute approximate surface area is 75.3 Å². The molecule has 0 fully saturated rings. The van der Waals surface area contributed by atoms with Crippen LogP contribution in [0.2, 0.25) is 0 Å². The number of aliphatic hydroxyl groups excluding tert-OH is 1. The van der Waals surface area contributed by atoms with Gasteiger partial charge in [-0.2, -0.15) is 0 Å². The summed E-state index contributed by atoms with van der Waals surface area (Å²) in [4.78, 5) is 10.8. The molecule has 0 aromatic carbocycles. The van der Waals surface area contributed by atoms with Crippen LogP contribution in [-0.4, -0.2) is 29.0 Å². The molecule has 66 valence electrons. The van der Waals surface area contributed by atoms with Crippen molar-refractivity contribution in [1.29, 1.82) is 0 Å². The van der Waals surface area contributed by atoms with Crippen molar-refractivity contribution in [1.82, 2.24) is 5.32 Å². The predicted octanol–water partition coefficient (Wildman–Crippen LogP) is 0.659. The van der Waals surface area contributed by atoms with Crippen LogP contribution in [0.4, 0.5) is 0 Å². The highest BCUT2D eigenvalue weighted by Crippen LogP contribution is 1.95. The second-order valence-electron chi connectivity index (χ2n) is 2.47. The van der Waals surface area contributed by atoms with Gasteiger partial charge in [-0.25, -0.2) is 0 Å². The first-order valence-electron chi connectivity index (χ1n) is 3.67. The average molecular weight is 224 g/mol. The molecule has 1 amide bonds. The van der Waals surface area contributed by atoms with Crippen molar-refractivity contribution in [3.63, 3.8) is 0 Å². The van der Waals surface area contributed by atoms with E-state index in [1.165, 1.54) is 0 Å². The van der Waals surface area contributed by atoms with Crippen molar-refractivity contribution in [2.75, 3.05) is 11.9 Å². The third-order valence-corrected chi connectivity index (χ3v) is 1.83. The number of carbonyl (C=O) groups excluding carboxylic acids is 1. The van der Waals surface area contributed by atoms with Gasteiger partial charge in [-0.1, -0.05) is 15.9 Å². The summed E-state index contributed by atoms with van der Waals surface area (Å²) in [6, 6.07) is 0.159. The van der Waals surface area contributed by atoms with Crippen LogP contribution in [0.3, 0.4) is 0 Å². The highest BCUT2D eigenvalue weighted by Gasteiger charge is 2.04. The maximum absolute atomic E-state index is 10.8. The van der Waals surface area contributed by atoms with Gasteiger partial charge >= 0.3 is 0 Å². The molecule has 0 saturated carbocycles. The summed E-state index contributed by atoms with van der Waals surface area (Å²) in [5.74, 6) is -0.00422. The molecule has 0 saturated heterocycles. The number of alkyl halides is 1. The lowest BCUT2D eigenvalue weighted by Crippen LogP contribution is -2.33. The summed E-state index contributed by atoms with van der Waals surface area (Å²) in [6.07, 6.45) is 1.57. The number of hydrogen-bond donors (Lipinski definition) is 2. The third-order valence-electron chi connectivity index (χ3n) is 1.32. The van der Waals surface area contributed by atoms with Crippen LogP contribution in [-0.2, 0) is 4.79 Å². The molecular weight excluding hydrogens is 210 g/mol. The standard InChI is InChI=1S/C7H14BrNO2/c1-6(3-2-4-10)9-7(11)5-8/h6,10H,2-5H2,1H3,(H,9,11). The molecule has 11 heavy (non-hydrogen) atoms. The zero-order valence-electron chi connectivity index (χ0n) is 6.64. The van der Waals surface area contributed by atoms with Crippen molar-refractivity contribution in [3.05, 3.63) is 0 Å². The van der Waals surface area contributed by atoms with Gasteiger partial charge in [0.25, 0.3) is 0 Å². The smallest absolute Gasteiger partial charge is 0.230 e. The molecule has 0 rings (SSSR count). The lowest BCUT2D eigenvalue weighted by Gasteiger charge is -2.11. The molecule has 0 aliphatic rings. The monoisotopic (exact) mass is 223 g/mol. The lowest BCUT2D eigenvalue weighted by atomic mass is 10.2. The van der Waals surface area contributed by atoms with Gasteiger partial charge in [-0.15, -0.1) is 0 Å². The molecular formula is C7H14BrNO2. The van der Waals surface area contributed by atoms with Crippen molar-refractivity contribution >= 4 is 21.8 Å². The minimum atomic E-state index is -0.00422. The van der Waals surface area contributed by atoms with Crippen LogP contribution in [0.25, 0.3) is 0 Å². The Morgan fingerprint density at radius 1 is 1.73 bits per heavy atom. The largest absolute Gasteiger partial charge is 0.396 e. The Bertz CT molecular complexity index is 119. The molecule has 0 aliphatic heterocycles. The number of hydrogen-bond acceptors (Lipinski definition) is 2. The van der Waals surface area contributed by atoms with E-state index in [1.54, 1.807) is 0 Å². The van der Waals surface area contributed by atoms with E-state index < -0.39 is 0 Å². The van der Waals surface area contributed by atoms with Crippen molar-refractivity contribution in [2.24, 2.45) is 0 Å². The summed E-state index contributed by atoms with van der Waals surface area (Å²) < 4.78 is 0. The molecule has 0 heterocycles. The average Bonchev–Trinajstić information content (AvgIpc) is 2.00. The van der Waals surface area contributed by atoms with E-state index in [1.807, 2.05) is 6.92 Å². The fourth-order valence-electron chi connectivity index (χ4n) is 0.783. The molecule has 0 spiro atoms. The van der Waals surface area contributed by atoms with Gasteiger partial charge in [-0.05, 0) is 19.8 Å². The zero-order chi connectivity index (χ0) is 8.69.